The van der Waals surface area contributed by atoms with E-state index in [0.29, 0.717) is 18.8 Å². The Labute approximate surface area is 133 Å². The first-order valence-electron chi connectivity index (χ1n) is 7.82. The SMILES string of the molecule is CCN(CC)C(=O)c1ccc(B2OC(C)(C)C(C)(C)O2)cn1. The average molecular weight is 304 g/mol. The molecule has 0 bridgehead atoms. The van der Waals surface area contributed by atoms with E-state index in [1.165, 1.54) is 0 Å². The van der Waals surface area contributed by atoms with Crippen molar-refractivity contribution in [2.24, 2.45) is 0 Å². The standard InChI is InChI=1S/C16H25BN2O3/c1-7-19(8-2)14(20)13-10-9-12(11-18-13)17-21-15(3,4)16(5,6)22-17/h9-11H,7-8H2,1-6H3. The normalized spacial score (nSPS) is 19.3. The Hall–Kier alpha value is -1.40. The van der Waals surface area contributed by atoms with Gasteiger partial charge in [-0.25, -0.2) is 0 Å². The second kappa shape index (κ2) is 6.01. The predicted molar refractivity (Wildman–Crippen MR) is 87.2 cm³/mol. The summed E-state index contributed by atoms with van der Waals surface area (Å²) < 4.78 is 12.0. The van der Waals surface area contributed by atoms with Crippen LogP contribution in [0.4, 0.5) is 0 Å². The molecule has 1 fully saturated rings. The summed E-state index contributed by atoms with van der Waals surface area (Å²) in [5.74, 6) is -0.0505. The maximum atomic E-state index is 12.2. The fourth-order valence-corrected chi connectivity index (χ4v) is 2.32. The first-order valence-corrected chi connectivity index (χ1v) is 7.82. The molecule has 0 aliphatic carbocycles. The van der Waals surface area contributed by atoms with Gasteiger partial charge in [0.2, 0.25) is 0 Å². The number of pyridine rings is 1. The van der Waals surface area contributed by atoms with E-state index in [0.717, 1.165) is 5.46 Å². The summed E-state index contributed by atoms with van der Waals surface area (Å²) in [4.78, 5) is 18.3. The van der Waals surface area contributed by atoms with Crippen LogP contribution in [0.1, 0.15) is 52.0 Å². The zero-order valence-corrected chi connectivity index (χ0v) is 14.3. The van der Waals surface area contributed by atoms with Gasteiger partial charge in [0, 0.05) is 24.7 Å². The number of rotatable bonds is 4. The van der Waals surface area contributed by atoms with Gasteiger partial charge in [0.15, 0.2) is 0 Å². The molecule has 2 rings (SSSR count). The van der Waals surface area contributed by atoms with E-state index in [2.05, 4.69) is 4.98 Å². The third-order valence-corrected chi connectivity index (χ3v) is 4.58. The van der Waals surface area contributed by atoms with E-state index in [-0.39, 0.29) is 17.1 Å². The average Bonchev–Trinajstić information content (AvgIpc) is 2.69. The van der Waals surface area contributed by atoms with Gasteiger partial charge in [-0.1, -0.05) is 6.07 Å². The Morgan fingerprint density at radius 3 is 2.09 bits per heavy atom. The summed E-state index contributed by atoms with van der Waals surface area (Å²) in [6.45, 7) is 13.3. The van der Waals surface area contributed by atoms with Gasteiger partial charge in [0.05, 0.1) is 11.2 Å². The number of nitrogens with zero attached hydrogens (tertiary/aromatic N) is 2. The Bertz CT molecular complexity index is 523. The molecule has 1 amide bonds. The van der Waals surface area contributed by atoms with Crippen molar-refractivity contribution in [3.8, 4) is 0 Å². The second-order valence-corrected chi connectivity index (χ2v) is 6.54. The zero-order valence-electron chi connectivity index (χ0n) is 14.3. The molecular weight excluding hydrogens is 279 g/mol. The molecular formula is C16H25BN2O3. The maximum Gasteiger partial charge on any atom is 0.496 e. The van der Waals surface area contributed by atoms with Crippen molar-refractivity contribution in [2.45, 2.75) is 52.7 Å². The summed E-state index contributed by atoms with van der Waals surface area (Å²) >= 11 is 0. The smallest absolute Gasteiger partial charge is 0.399 e. The van der Waals surface area contributed by atoms with Gasteiger partial charge in [-0.15, -0.1) is 0 Å². The number of carbonyl (C=O) groups excluding carboxylic acids is 1. The van der Waals surface area contributed by atoms with Crippen LogP contribution in [0.25, 0.3) is 0 Å². The third kappa shape index (κ3) is 3.03. The van der Waals surface area contributed by atoms with Crippen LogP contribution in [0, 0.1) is 0 Å². The minimum absolute atomic E-state index is 0.0505. The van der Waals surface area contributed by atoms with E-state index in [4.69, 9.17) is 9.31 Å². The van der Waals surface area contributed by atoms with Crippen molar-refractivity contribution in [1.82, 2.24) is 9.88 Å². The summed E-state index contributed by atoms with van der Waals surface area (Å²) in [5, 5.41) is 0. The summed E-state index contributed by atoms with van der Waals surface area (Å²) in [5.41, 5.74) is 0.513. The number of hydrogen-bond acceptors (Lipinski definition) is 4. The fraction of sp³-hybridized carbons (Fsp3) is 0.625. The molecule has 0 saturated carbocycles. The van der Waals surface area contributed by atoms with Crippen molar-refractivity contribution in [3.05, 3.63) is 24.0 Å². The summed E-state index contributed by atoms with van der Waals surface area (Å²) in [6.07, 6.45) is 1.67. The molecule has 0 aromatic carbocycles. The van der Waals surface area contributed by atoms with Gasteiger partial charge in [-0.3, -0.25) is 9.78 Å². The molecule has 1 saturated heterocycles. The van der Waals surface area contributed by atoms with Crippen LogP contribution in [0.3, 0.4) is 0 Å². The van der Waals surface area contributed by atoms with Crippen molar-refractivity contribution >= 4 is 18.5 Å². The van der Waals surface area contributed by atoms with Gasteiger partial charge in [-0.05, 0) is 47.6 Å². The van der Waals surface area contributed by atoms with Gasteiger partial charge in [0.1, 0.15) is 5.69 Å². The van der Waals surface area contributed by atoms with Gasteiger partial charge >= 0.3 is 7.12 Å². The molecule has 1 aliphatic heterocycles. The Morgan fingerprint density at radius 1 is 1.14 bits per heavy atom. The molecule has 0 spiro atoms. The molecule has 1 aromatic heterocycles. The minimum atomic E-state index is -0.449. The van der Waals surface area contributed by atoms with Crippen molar-refractivity contribution < 1.29 is 14.1 Å². The van der Waals surface area contributed by atoms with Crippen LogP contribution in [-0.2, 0) is 9.31 Å². The third-order valence-electron chi connectivity index (χ3n) is 4.58. The van der Waals surface area contributed by atoms with Crippen LogP contribution >= 0.6 is 0 Å². The molecule has 0 unspecified atom stereocenters. The zero-order chi connectivity index (χ0) is 16.5. The maximum absolute atomic E-state index is 12.2. The first kappa shape index (κ1) is 17.0. The lowest BCUT2D eigenvalue weighted by Gasteiger charge is -2.32. The highest BCUT2D eigenvalue weighted by Gasteiger charge is 2.51. The van der Waals surface area contributed by atoms with Crippen molar-refractivity contribution in [2.75, 3.05) is 13.1 Å². The Balaban J connectivity index is 2.15. The van der Waals surface area contributed by atoms with Crippen molar-refractivity contribution in [3.63, 3.8) is 0 Å². The van der Waals surface area contributed by atoms with E-state index in [1.54, 1.807) is 17.2 Å². The lowest BCUT2D eigenvalue weighted by molar-refractivity contribution is 0.00578. The van der Waals surface area contributed by atoms with Gasteiger partial charge in [-0.2, -0.15) is 0 Å². The number of aromatic nitrogens is 1. The largest absolute Gasteiger partial charge is 0.496 e. The highest BCUT2D eigenvalue weighted by Crippen LogP contribution is 2.36. The highest BCUT2D eigenvalue weighted by molar-refractivity contribution is 6.62. The van der Waals surface area contributed by atoms with Gasteiger partial charge in [0.25, 0.3) is 5.91 Å². The van der Waals surface area contributed by atoms with Gasteiger partial charge < -0.3 is 14.2 Å². The number of amides is 1. The molecule has 1 aliphatic rings. The molecule has 0 radical (unpaired) electrons. The van der Waals surface area contributed by atoms with E-state index < -0.39 is 7.12 Å². The minimum Gasteiger partial charge on any atom is -0.399 e. The van der Waals surface area contributed by atoms with Crippen molar-refractivity contribution in [1.29, 1.82) is 0 Å². The van der Waals surface area contributed by atoms with Crippen LogP contribution in [0.15, 0.2) is 18.3 Å². The molecule has 0 N–H and O–H groups in total. The topological polar surface area (TPSA) is 51.7 Å². The molecule has 5 nitrogen and oxygen atoms in total. The second-order valence-electron chi connectivity index (χ2n) is 6.54. The monoisotopic (exact) mass is 304 g/mol. The molecule has 6 heteroatoms. The lowest BCUT2D eigenvalue weighted by Crippen LogP contribution is -2.41. The van der Waals surface area contributed by atoms with Crippen LogP contribution in [0.5, 0.6) is 0 Å². The Morgan fingerprint density at radius 2 is 1.68 bits per heavy atom. The van der Waals surface area contributed by atoms with Crippen LogP contribution in [0.2, 0.25) is 0 Å². The van der Waals surface area contributed by atoms with E-state index in [9.17, 15) is 4.79 Å². The molecule has 0 atom stereocenters. The molecule has 1 aromatic rings. The highest BCUT2D eigenvalue weighted by atomic mass is 16.7. The van der Waals surface area contributed by atoms with Crippen LogP contribution < -0.4 is 5.46 Å². The number of hydrogen-bond donors (Lipinski definition) is 0. The fourth-order valence-electron chi connectivity index (χ4n) is 2.32. The Kier molecular flexibility index (Phi) is 4.63. The lowest BCUT2D eigenvalue weighted by atomic mass is 9.80. The molecule has 2 heterocycles. The number of carbonyl (C=O) groups is 1. The first-order chi connectivity index (χ1) is 10.2. The quantitative estimate of drug-likeness (QED) is 0.797. The molecule has 120 valence electrons. The predicted octanol–water partition coefficient (Wildman–Crippen LogP) is 1.86. The van der Waals surface area contributed by atoms with E-state index >= 15 is 0 Å². The van der Waals surface area contributed by atoms with E-state index in [1.807, 2.05) is 47.6 Å². The molecule has 22 heavy (non-hydrogen) atoms. The van der Waals surface area contributed by atoms with Crippen LogP contribution in [-0.4, -0.2) is 47.2 Å². The summed E-state index contributed by atoms with van der Waals surface area (Å²) in [7, 11) is -0.449. The summed E-state index contributed by atoms with van der Waals surface area (Å²) in [6, 6.07) is 3.59.